The quantitative estimate of drug-likeness (QED) is 0.801. The zero-order valence-electron chi connectivity index (χ0n) is 9.43. The van der Waals surface area contributed by atoms with Gasteiger partial charge in [0, 0.05) is 6.61 Å². The average Bonchev–Trinajstić information content (AvgIpc) is 2.60. The van der Waals surface area contributed by atoms with Gasteiger partial charge in [0.25, 0.3) is 5.91 Å². The summed E-state index contributed by atoms with van der Waals surface area (Å²) >= 11 is 0. The zero-order chi connectivity index (χ0) is 11.6. The van der Waals surface area contributed by atoms with Crippen molar-refractivity contribution in [1.29, 1.82) is 0 Å². The normalized spacial score (nSPS) is 29.0. The summed E-state index contributed by atoms with van der Waals surface area (Å²) in [5, 5.41) is 10.3. The molecular formula is C11H15N3O2. The standard InChI is InChI=1S/C11H15N3O2/c1-8-11(2,4-6-16-8)14-10(15)9-3-5-12-13-7-9/h3,5,7-8H,4,6H2,1-2H3,(H,14,15). The Kier molecular flexibility index (Phi) is 2.87. The minimum atomic E-state index is -0.291. The van der Waals surface area contributed by atoms with Gasteiger partial charge >= 0.3 is 0 Å². The highest BCUT2D eigenvalue weighted by Gasteiger charge is 2.38. The first-order valence-electron chi connectivity index (χ1n) is 5.33. The Bertz CT molecular complexity index is 382. The van der Waals surface area contributed by atoms with E-state index in [0.717, 1.165) is 6.42 Å². The van der Waals surface area contributed by atoms with Gasteiger partial charge < -0.3 is 10.1 Å². The summed E-state index contributed by atoms with van der Waals surface area (Å²) in [5.74, 6) is -0.130. The molecule has 16 heavy (non-hydrogen) atoms. The third kappa shape index (κ3) is 2.04. The molecule has 5 heteroatoms. The second-order valence-corrected chi connectivity index (χ2v) is 4.27. The molecule has 1 saturated heterocycles. The van der Waals surface area contributed by atoms with Crippen LogP contribution in [0.15, 0.2) is 18.5 Å². The maximum Gasteiger partial charge on any atom is 0.253 e. The number of aromatic nitrogens is 2. The van der Waals surface area contributed by atoms with Crippen molar-refractivity contribution in [2.45, 2.75) is 31.9 Å². The van der Waals surface area contributed by atoms with Gasteiger partial charge in [-0.3, -0.25) is 4.79 Å². The fourth-order valence-electron chi connectivity index (χ4n) is 1.76. The molecule has 1 amide bonds. The molecule has 1 N–H and O–H groups in total. The van der Waals surface area contributed by atoms with Crippen molar-refractivity contribution < 1.29 is 9.53 Å². The largest absolute Gasteiger partial charge is 0.376 e. The fourth-order valence-corrected chi connectivity index (χ4v) is 1.76. The number of hydrogen-bond donors (Lipinski definition) is 1. The topological polar surface area (TPSA) is 64.1 Å². The molecule has 0 radical (unpaired) electrons. The Morgan fingerprint density at radius 2 is 2.44 bits per heavy atom. The van der Waals surface area contributed by atoms with Gasteiger partial charge in [-0.05, 0) is 26.3 Å². The molecule has 0 aliphatic carbocycles. The predicted octanol–water partition coefficient (Wildman–Crippen LogP) is 0.774. The Hall–Kier alpha value is -1.49. The summed E-state index contributed by atoms with van der Waals surface area (Å²) in [6.07, 6.45) is 3.83. The Morgan fingerprint density at radius 1 is 1.62 bits per heavy atom. The molecule has 0 bridgehead atoms. The molecule has 2 unspecified atom stereocenters. The van der Waals surface area contributed by atoms with E-state index in [1.807, 2.05) is 13.8 Å². The van der Waals surface area contributed by atoms with Crippen molar-refractivity contribution in [2.75, 3.05) is 6.61 Å². The van der Waals surface area contributed by atoms with Gasteiger partial charge in [0.1, 0.15) is 0 Å². The van der Waals surface area contributed by atoms with Crippen molar-refractivity contribution in [1.82, 2.24) is 15.5 Å². The van der Waals surface area contributed by atoms with Gasteiger partial charge in [-0.25, -0.2) is 0 Å². The van der Waals surface area contributed by atoms with Crippen LogP contribution in [-0.4, -0.2) is 34.4 Å². The molecule has 1 aromatic rings. The molecule has 0 aromatic carbocycles. The number of rotatable bonds is 2. The van der Waals surface area contributed by atoms with Crippen LogP contribution in [-0.2, 0) is 4.74 Å². The molecule has 0 spiro atoms. The van der Waals surface area contributed by atoms with Crippen LogP contribution in [0, 0.1) is 0 Å². The van der Waals surface area contributed by atoms with Crippen LogP contribution in [0.1, 0.15) is 30.6 Å². The fraction of sp³-hybridized carbons (Fsp3) is 0.545. The van der Waals surface area contributed by atoms with Crippen LogP contribution in [0.25, 0.3) is 0 Å². The molecule has 5 nitrogen and oxygen atoms in total. The second kappa shape index (κ2) is 4.17. The van der Waals surface area contributed by atoms with Gasteiger partial charge in [-0.2, -0.15) is 10.2 Å². The van der Waals surface area contributed by atoms with Gasteiger partial charge in [0.2, 0.25) is 0 Å². The number of nitrogens with one attached hydrogen (secondary N) is 1. The summed E-state index contributed by atoms with van der Waals surface area (Å²) in [6.45, 7) is 4.65. The first-order chi connectivity index (χ1) is 7.62. The lowest BCUT2D eigenvalue weighted by Gasteiger charge is -2.28. The maximum absolute atomic E-state index is 11.9. The average molecular weight is 221 g/mol. The van der Waals surface area contributed by atoms with Gasteiger partial charge in [-0.1, -0.05) is 0 Å². The van der Waals surface area contributed by atoms with Crippen LogP contribution in [0.4, 0.5) is 0 Å². The molecule has 2 heterocycles. The lowest BCUT2D eigenvalue weighted by molar-refractivity contribution is 0.0727. The number of carbonyl (C=O) groups excluding carboxylic acids is 1. The number of hydrogen-bond acceptors (Lipinski definition) is 4. The van der Waals surface area contributed by atoms with Crippen LogP contribution in [0.5, 0.6) is 0 Å². The molecule has 86 valence electrons. The van der Waals surface area contributed by atoms with Crippen LogP contribution in [0.3, 0.4) is 0 Å². The Balaban J connectivity index is 2.08. The lowest BCUT2D eigenvalue weighted by atomic mass is 9.94. The number of ether oxygens (including phenoxy) is 1. The van der Waals surface area contributed by atoms with E-state index < -0.39 is 0 Å². The van der Waals surface area contributed by atoms with Crippen molar-refractivity contribution in [2.24, 2.45) is 0 Å². The van der Waals surface area contributed by atoms with E-state index in [4.69, 9.17) is 4.74 Å². The molecule has 1 fully saturated rings. The summed E-state index contributed by atoms with van der Waals surface area (Å²) < 4.78 is 5.46. The van der Waals surface area contributed by atoms with Crippen LogP contribution in [0.2, 0.25) is 0 Å². The van der Waals surface area contributed by atoms with Crippen molar-refractivity contribution in [3.05, 3.63) is 24.0 Å². The van der Waals surface area contributed by atoms with Crippen molar-refractivity contribution >= 4 is 5.91 Å². The van der Waals surface area contributed by atoms with Crippen molar-refractivity contribution in [3.63, 3.8) is 0 Å². The van der Waals surface area contributed by atoms with E-state index >= 15 is 0 Å². The summed E-state index contributed by atoms with van der Waals surface area (Å²) in [4.78, 5) is 11.9. The second-order valence-electron chi connectivity index (χ2n) is 4.27. The van der Waals surface area contributed by atoms with E-state index in [-0.39, 0.29) is 17.6 Å². The molecule has 1 aliphatic heterocycles. The summed E-state index contributed by atoms with van der Waals surface area (Å²) in [5.41, 5.74) is 0.232. The predicted molar refractivity (Wildman–Crippen MR) is 57.9 cm³/mol. The Labute approximate surface area is 94.2 Å². The monoisotopic (exact) mass is 221 g/mol. The van der Waals surface area contributed by atoms with Gasteiger partial charge in [0.05, 0.1) is 29.6 Å². The molecular weight excluding hydrogens is 206 g/mol. The van der Waals surface area contributed by atoms with E-state index in [9.17, 15) is 4.79 Å². The minimum Gasteiger partial charge on any atom is -0.376 e. The van der Waals surface area contributed by atoms with Crippen molar-refractivity contribution in [3.8, 4) is 0 Å². The highest BCUT2D eigenvalue weighted by molar-refractivity contribution is 5.94. The first-order valence-corrected chi connectivity index (χ1v) is 5.33. The molecule has 2 atom stereocenters. The molecule has 1 aromatic heterocycles. The zero-order valence-corrected chi connectivity index (χ0v) is 9.43. The van der Waals surface area contributed by atoms with Gasteiger partial charge in [-0.15, -0.1) is 0 Å². The van der Waals surface area contributed by atoms with E-state index in [1.54, 1.807) is 6.07 Å². The smallest absolute Gasteiger partial charge is 0.253 e. The van der Waals surface area contributed by atoms with Gasteiger partial charge in [0.15, 0.2) is 0 Å². The lowest BCUT2D eigenvalue weighted by Crippen LogP contribution is -2.50. The SMILES string of the molecule is CC1OCCC1(C)NC(=O)c1ccnnc1. The minimum absolute atomic E-state index is 0.0336. The van der Waals surface area contributed by atoms with E-state index in [2.05, 4.69) is 15.5 Å². The highest BCUT2D eigenvalue weighted by atomic mass is 16.5. The third-order valence-electron chi connectivity index (χ3n) is 3.13. The van der Waals surface area contributed by atoms with Crippen LogP contribution >= 0.6 is 0 Å². The number of nitrogens with zero attached hydrogens (tertiary/aromatic N) is 2. The number of amides is 1. The number of carbonyl (C=O) groups is 1. The third-order valence-corrected chi connectivity index (χ3v) is 3.13. The molecule has 1 aliphatic rings. The first kappa shape index (κ1) is 11.0. The molecule has 0 saturated carbocycles. The molecule has 2 rings (SSSR count). The summed E-state index contributed by atoms with van der Waals surface area (Å²) in [7, 11) is 0. The van der Waals surface area contributed by atoms with E-state index in [1.165, 1.54) is 12.4 Å². The Morgan fingerprint density at radius 3 is 3.00 bits per heavy atom. The maximum atomic E-state index is 11.9. The van der Waals surface area contributed by atoms with E-state index in [0.29, 0.717) is 12.2 Å². The highest BCUT2D eigenvalue weighted by Crippen LogP contribution is 2.25. The van der Waals surface area contributed by atoms with Crippen LogP contribution < -0.4 is 5.32 Å². The summed E-state index contributed by atoms with van der Waals surface area (Å²) in [6, 6.07) is 1.65.